The van der Waals surface area contributed by atoms with Crippen molar-refractivity contribution in [3.05, 3.63) is 89.6 Å². The number of rotatable bonds is 10. The van der Waals surface area contributed by atoms with E-state index in [1.807, 2.05) is 92.9 Å². The minimum atomic E-state index is -2.98. The Morgan fingerprint density at radius 3 is 2.61 bits per heavy atom. The number of carbonyl (C=O) groups excluding carboxylic acids is 3. The number of carbonyl (C=O) groups is 3. The maximum atomic E-state index is 14.8. The Morgan fingerprint density at radius 2 is 1.88 bits per heavy atom. The van der Waals surface area contributed by atoms with E-state index in [0.717, 1.165) is 34.9 Å². The number of amides is 3. The van der Waals surface area contributed by atoms with Gasteiger partial charge < -0.3 is 39.5 Å². The molecule has 0 aliphatic carbocycles. The van der Waals surface area contributed by atoms with Gasteiger partial charge >= 0.3 is 0 Å². The van der Waals surface area contributed by atoms with Gasteiger partial charge in [-0.3, -0.25) is 14.4 Å². The first-order chi connectivity index (χ1) is 24.4. The number of para-hydroxylation sites is 1. The smallest absolute Gasteiger partial charge is 0.264 e. The summed E-state index contributed by atoms with van der Waals surface area (Å²) in [5.41, 5.74) is 2.92. The molecule has 5 atom stereocenters. The van der Waals surface area contributed by atoms with Crippen LogP contribution in [0.25, 0.3) is 10.9 Å². The first kappa shape index (κ1) is 34.9. The fourth-order valence-electron chi connectivity index (χ4n) is 8.72. The SMILES string of the molecule is COc1ccc2c(c1)[C@]1(O[C@@H](CC(=O)N3CCC[C@H]3CO)[C@H]([Si](C)(C)O)[C@H]1C)C(=O)N2Cc1ccc(NC(=O)Cc2c[nH]c3ccccc23)cc1. The second-order valence-corrected chi connectivity index (χ2v) is 18.7. The maximum Gasteiger partial charge on any atom is 0.264 e. The minimum absolute atomic E-state index is 0.0182. The van der Waals surface area contributed by atoms with E-state index in [2.05, 4.69) is 10.3 Å². The number of likely N-dealkylation sites (tertiary alicyclic amines) is 1. The van der Waals surface area contributed by atoms with Crippen molar-refractivity contribution in [2.75, 3.05) is 30.5 Å². The Morgan fingerprint density at radius 1 is 1.12 bits per heavy atom. The van der Waals surface area contributed by atoms with E-state index in [1.54, 1.807) is 16.9 Å². The second-order valence-electron chi connectivity index (χ2n) is 14.7. The zero-order chi connectivity index (χ0) is 36.1. The molecule has 0 radical (unpaired) electrons. The molecule has 0 unspecified atom stereocenters. The maximum absolute atomic E-state index is 14.8. The zero-order valence-electron chi connectivity index (χ0n) is 29.5. The predicted octanol–water partition coefficient (Wildman–Crippen LogP) is 5.08. The van der Waals surface area contributed by atoms with Crippen molar-refractivity contribution in [3.8, 4) is 5.75 Å². The van der Waals surface area contributed by atoms with Gasteiger partial charge in [0.2, 0.25) is 11.8 Å². The van der Waals surface area contributed by atoms with Crippen LogP contribution in [0.2, 0.25) is 18.6 Å². The summed E-state index contributed by atoms with van der Waals surface area (Å²) in [6, 6.07) is 20.6. The molecule has 0 saturated carbocycles. The van der Waals surface area contributed by atoms with Gasteiger partial charge in [-0.1, -0.05) is 37.3 Å². The van der Waals surface area contributed by atoms with Crippen LogP contribution in [0.5, 0.6) is 5.75 Å². The summed E-state index contributed by atoms with van der Waals surface area (Å²) in [6.45, 7) is 6.35. The van der Waals surface area contributed by atoms with Crippen molar-refractivity contribution in [1.82, 2.24) is 9.88 Å². The number of aromatic amines is 1. The molecule has 4 aromatic rings. The molecule has 268 valence electrons. The molecule has 12 heteroatoms. The van der Waals surface area contributed by atoms with Crippen LogP contribution in [-0.4, -0.2) is 78.2 Å². The van der Waals surface area contributed by atoms with E-state index < -0.39 is 31.5 Å². The van der Waals surface area contributed by atoms with Crippen LogP contribution in [0.15, 0.2) is 72.9 Å². The van der Waals surface area contributed by atoms with Crippen LogP contribution in [0.1, 0.15) is 42.9 Å². The van der Waals surface area contributed by atoms with E-state index >= 15 is 0 Å². The molecular formula is C39H46N4O7Si. The molecule has 1 aromatic heterocycles. The summed E-state index contributed by atoms with van der Waals surface area (Å²) < 4.78 is 12.5. The number of hydrogen-bond acceptors (Lipinski definition) is 7. The molecular weight excluding hydrogens is 665 g/mol. The lowest BCUT2D eigenvalue weighted by Gasteiger charge is -2.32. The van der Waals surface area contributed by atoms with E-state index in [1.165, 1.54) is 0 Å². The Balaban J connectivity index is 1.13. The Hall–Kier alpha value is -4.49. The highest BCUT2D eigenvalue weighted by Gasteiger charge is 2.66. The Bertz CT molecular complexity index is 1960. The van der Waals surface area contributed by atoms with E-state index in [-0.39, 0.29) is 49.8 Å². The van der Waals surface area contributed by atoms with Crippen LogP contribution in [0.3, 0.4) is 0 Å². The Kier molecular flexibility index (Phi) is 9.29. The van der Waals surface area contributed by atoms with Crippen molar-refractivity contribution >= 4 is 48.3 Å². The summed E-state index contributed by atoms with van der Waals surface area (Å²) in [5.74, 6) is -0.375. The molecule has 3 amide bonds. The number of aliphatic hydroxyl groups excluding tert-OH is 1. The van der Waals surface area contributed by atoms with Crippen LogP contribution in [-0.2, 0) is 37.7 Å². The average molecular weight is 711 g/mol. The third-order valence-corrected chi connectivity index (χ3v) is 13.6. The topological polar surface area (TPSA) is 144 Å². The van der Waals surface area contributed by atoms with Crippen molar-refractivity contribution in [1.29, 1.82) is 0 Å². The Labute approximate surface area is 298 Å². The largest absolute Gasteiger partial charge is 0.497 e. The van der Waals surface area contributed by atoms with Gasteiger partial charge in [-0.25, -0.2) is 0 Å². The quantitative estimate of drug-likeness (QED) is 0.168. The number of benzene rings is 3. The van der Waals surface area contributed by atoms with Gasteiger partial charge in [0.05, 0.1) is 50.9 Å². The molecule has 3 aliphatic heterocycles. The fraction of sp³-hybridized carbons (Fsp3) is 0.410. The number of aliphatic hydroxyl groups is 1. The number of methoxy groups -OCH3 is 1. The highest BCUT2D eigenvalue weighted by Crippen LogP contribution is 2.60. The molecule has 2 saturated heterocycles. The molecule has 0 bridgehead atoms. The highest BCUT2D eigenvalue weighted by atomic mass is 28.4. The molecule has 4 heterocycles. The van der Waals surface area contributed by atoms with Gasteiger partial charge in [0.1, 0.15) is 5.75 Å². The summed E-state index contributed by atoms with van der Waals surface area (Å²) >= 11 is 0. The number of nitrogens with one attached hydrogen (secondary N) is 2. The molecule has 3 aromatic carbocycles. The van der Waals surface area contributed by atoms with Gasteiger partial charge in [0.25, 0.3) is 5.91 Å². The van der Waals surface area contributed by atoms with Crippen LogP contribution in [0.4, 0.5) is 11.4 Å². The predicted molar refractivity (Wildman–Crippen MR) is 197 cm³/mol. The molecule has 1 spiro atoms. The van der Waals surface area contributed by atoms with Gasteiger partial charge in [-0.05, 0) is 73.5 Å². The average Bonchev–Trinajstić information content (AvgIpc) is 3.87. The lowest BCUT2D eigenvalue weighted by molar-refractivity contribution is -0.150. The highest BCUT2D eigenvalue weighted by molar-refractivity contribution is 6.71. The fourth-order valence-corrected chi connectivity index (χ4v) is 11.3. The van der Waals surface area contributed by atoms with Crippen molar-refractivity contribution in [2.45, 2.75) is 75.5 Å². The first-order valence-corrected chi connectivity index (χ1v) is 20.7. The van der Waals surface area contributed by atoms with Gasteiger partial charge in [-0.2, -0.15) is 0 Å². The van der Waals surface area contributed by atoms with Crippen LogP contribution >= 0.6 is 0 Å². The van der Waals surface area contributed by atoms with E-state index in [4.69, 9.17) is 9.47 Å². The van der Waals surface area contributed by atoms with Gasteiger partial charge in [0.15, 0.2) is 13.9 Å². The summed E-state index contributed by atoms with van der Waals surface area (Å²) in [5, 5.41) is 13.9. The van der Waals surface area contributed by atoms with E-state index in [9.17, 15) is 24.3 Å². The first-order valence-electron chi connectivity index (χ1n) is 17.7. The summed E-state index contributed by atoms with van der Waals surface area (Å²) in [4.78, 5) is 59.7. The lowest BCUT2D eigenvalue weighted by Crippen LogP contribution is -2.46. The number of fused-ring (bicyclic) bond motifs is 3. The second kappa shape index (κ2) is 13.6. The van der Waals surface area contributed by atoms with Gasteiger partial charge in [0, 0.05) is 46.4 Å². The molecule has 2 fully saturated rings. The monoisotopic (exact) mass is 710 g/mol. The zero-order valence-corrected chi connectivity index (χ0v) is 30.5. The van der Waals surface area contributed by atoms with Gasteiger partial charge in [-0.15, -0.1) is 0 Å². The summed E-state index contributed by atoms with van der Waals surface area (Å²) in [7, 11) is -1.41. The van der Waals surface area contributed by atoms with Crippen molar-refractivity contribution in [3.63, 3.8) is 0 Å². The third kappa shape index (κ3) is 6.24. The molecule has 11 nitrogen and oxygen atoms in total. The number of H-pyrrole nitrogens is 1. The number of hydrogen-bond donors (Lipinski definition) is 4. The minimum Gasteiger partial charge on any atom is -0.497 e. The van der Waals surface area contributed by atoms with Crippen LogP contribution in [0, 0.1) is 5.92 Å². The number of ether oxygens (including phenoxy) is 2. The van der Waals surface area contributed by atoms with Crippen molar-refractivity contribution < 1.29 is 33.8 Å². The van der Waals surface area contributed by atoms with Crippen LogP contribution < -0.4 is 15.0 Å². The normalized spacial score (nSPS) is 24.5. The van der Waals surface area contributed by atoms with E-state index in [0.29, 0.717) is 29.2 Å². The molecule has 3 aliphatic rings. The number of nitrogens with zero attached hydrogens (tertiary/aromatic N) is 2. The standard InChI is InChI=1S/C39H46N4O7Si/c1-24-37(51(3,4)48)34(20-36(46)42-17-7-8-28(42)23-44)50-39(24)31-19-29(49-2)15-16-33(31)43(38(39)47)22-25-11-13-27(14-12-25)41-35(45)18-26-21-40-32-10-6-5-9-30(26)32/h5-6,9-16,19,21,24,28,34,37,40,44,48H,7-8,17-18,20,22-23H2,1-4H3,(H,41,45)/t24-,28+,34+,37-,39+/m1/s1. The number of aromatic nitrogens is 1. The number of anilines is 2. The molecule has 7 rings (SSSR count). The molecule has 4 N–H and O–H groups in total. The summed E-state index contributed by atoms with van der Waals surface area (Å²) in [6.07, 6.45) is 3.00. The third-order valence-electron chi connectivity index (χ3n) is 11.1. The lowest BCUT2D eigenvalue weighted by atomic mass is 9.82. The van der Waals surface area contributed by atoms with Crippen molar-refractivity contribution in [2.24, 2.45) is 5.92 Å². The molecule has 51 heavy (non-hydrogen) atoms.